The summed E-state index contributed by atoms with van der Waals surface area (Å²) in [5.41, 5.74) is 2.01. The van der Waals surface area contributed by atoms with E-state index in [0.29, 0.717) is 6.54 Å². The van der Waals surface area contributed by atoms with E-state index >= 15 is 0 Å². The first kappa shape index (κ1) is 13.1. The highest BCUT2D eigenvalue weighted by atomic mass is 16.6. The Kier molecular flexibility index (Phi) is 4.58. The maximum absolute atomic E-state index is 11.0. The van der Waals surface area contributed by atoms with Gasteiger partial charge in [0.25, 0.3) is 0 Å². The van der Waals surface area contributed by atoms with Crippen molar-refractivity contribution in [3.05, 3.63) is 16.4 Å². The Bertz CT molecular complexity index is 397. The first-order valence-corrected chi connectivity index (χ1v) is 5.29. The summed E-state index contributed by atoms with van der Waals surface area (Å²) in [6.07, 6.45) is 3.19. The molecule has 94 valence electrons. The number of hydrogen-bond acceptors (Lipinski definition) is 7. The fraction of sp³-hybridized carbons (Fsp3) is 0.556. The molecule has 0 atom stereocenters. The van der Waals surface area contributed by atoms with Crippen LogP contribution in [0.25, 0.3) is 0 Å². The monoisotopic (exact) mass is 240 g/mol. The molecular weight excluding hydrogens is 224 g/mol. The summed E-state index contributed by atoms with van der Waals surface area (Å²) in [7, 11) is 1.76. The highest BCUT2D eigenvalue weighted by Crippen LogP contribution is 2.30. The van der Waals surface area contributed by atoms with E-state index in [1.807, 2.05) is 0 Å². The van der Waals surface area contributed by atoms with E-state index in [-0.39, 0.29) is 17.3 Å². The van der Waals surface area contributed by atoms with Gasteiger partial charge < -0.3 is 10.3 Å². The van der Waals surface area contributed by atoms with E-state index in [9.17, 15) is 10.1 Å². The van der Waals surface area contributed by atoms with Crippen molar-refractivity contribution in [2.24, 2.45) is 5.84 Å². The topological polar surface area (TPSA) is 110 Å². The SMILES string of the molecule is CCCCN(C)c1ncnc(NN)c1[N+](=O)[O-]. The van der Waals surface area contributed by atoms with Gasteiger partial charge in [0, 0.05) is 13.6 Å². The molecule has 1 heterocycles. The van der Waals surface area contributed by atoms with Gasteiger partial charge >= 0.3 is 5.69 Å². The molecule has 1 aromatic heterocycles. The highest BCUT2D eigenvalue weighted by molar-refractivity contribution is 5.69. The number of nitrogens with two attached hydrogens (primary N) is 1. The molecule has 0 radical (unpaired) electrons. The minimum absolute atomic E-state index is 0.0170. The Morgan fingerprint density at radius 2 is 2.29 bits per heavy atom. The van der Waals surface area contributed by atoms with E-state index in [4.69, 9.17) is 5.84 Å². The zero-order chi connectivity index (χ0) is 12.8. The molecule has 1 rings (SSSR count). The second-order valence-electron chi connectivity index (χ2n) is 3.57. The quantitative estimate of drug-likeness (QED) is 0.432. The van der Waals surface area contributed by atoms with Crippen molar-refractivity contribution in [2.75, 3.05) is 23.9 Å². The molecule has 0 saturated carbocycles. The van der Waals surface area contributed by atoms with Gasteiger partial charge in [0.1, 0.15) is 6.33 Å². The molecule has 0 aliphatic heterocycles. The van der Waals surface area contributed by atoms with Crippen LogP contribution in [0.4, 0.5) is 17.3 Å². The average molecular weight is 240 g/mol. The van der Waals surface area contributed by atoms with Crippen LogP contribution < -0.4 is 16.2 Å². The van der Waals surface area contributed by atoms with Gasteiger partial charge in [-0.15, -0.1) is 0 Å². The summed E-state index contributed by atoms with van der Waals surface area (Å²) in [5.74, 6) is 5.48. The Labute approximate surface area is 99.0 Å². The minimum atomic E-state index is -0.535. The standard InChI is InChI=1S/C9H16N6O2/c1-3-4-5-14(2)9-7(15(16)17)8(13-10)11-6-12-9/h6H,3-5,10H2,1-2H3,(H,11,12,13). The lowest BCUT2D eigenvalue weighted by Gasteiger charge is -2.17. The zero-order valence-electron chi connectivity index (χ0n) is 9.88. The smallest absolute Gasteiger partial charge is 0.354 e. The largest absolute Gasteiger partial charge is 0.354 e. The lowest BCUT2D eigenvalue weighted by Crippen LogP contribution is -2.22. The zero-order valence-corrected chi connectivity index (χ0v) is 9.88. The van der Waals surface area contributed by atoms with Gasteiger partial charge in [-0.05, 0) is 6.42 Å². The van der Waals surface area contributed by atoms with Crippen molar-refractivity contribution in [2.45, 2.75) is 19.8 Å². The Balaban J connectivity index is 3.09. The molecule has 0 spiro atoms. The lowest BCUT2D eigenvalue weighted by molar-refractivity contribution is -0.383. The number of hydrazine groups is 1. The van der Waals surface area contributed by atoms with Crippen LogP contribution in [0.15, 0.2) is 6.33 Å². The molecule has 0 saturated heterocycles. The van der Waals surface area contributed by atoms with Gasteiger partial charge in [-0.2, -0.15) is 0 Å². The number of nitro groups is 1. The predicted octanol–water partition coefficient (Wildman–Crippen LogP) is 0.907. The lowest BCUT2D eigenvalue weighted by atomic mass is 10.3. The molecule has 8 heteroatoms. The molecule has 0 aliphatic carbocycles. The van der Waals surface area contributed by atoms with E-state index in [1.54, 1.807) is 11.9 Å². The summed E-state index contributed by atoms with van der Waals surface area (Å²) in [5, 5.41) is 11.0. The third-order valence-corrected chi connectivity index (χ3v) is 2.33. The van der Waals surface area contributed by atoms with Crippen molar-refractivity contribution in [1.29, 1.82) is 0 Å². The van der Waals surface area contributed by atoms with Crippen molar-refractivity contribution in [3.8, 4) is 0 Å². The van der Waals surface area contributed by atoms with E-state index in [0.717, 1.165) is 12.8 Å². The number of nitrogens with one attached hydrogen (secondary N) is 1. The van der Waals surface area contributed by atoms with Crippen LogP contribution in [0.1, 0.15) is 19.8 Å². The molecule has 0 bridgehead atoms. The maximum atomic E-state index is 11.0. The molecule has 0 aromatic carbocycles. The minimum Gasteiger partial charge on any atom is -0.354 e. The predicted molar refractivity (Wildman–Crippen MR) is 64.7 cm³/mol. The number of nitrogens with zero attached hydrogens (tertiary/aromatic N) is 4. The second-order valence-corrected chi connectivity index (χ2v) is 3.57. The van der Waals surface area contributed by atoms with Crippen LogP contribution in [0, 0.1) is 10.1 Å². The number of nitrogen functional groups attached to an aromatic ring is 1. The van der Waals surface area contributed by atoms with Gasteiger partial charge in [-0.3, -0.25) is 10.1 Å². The molecule has 17 heavy (non-hydrogen) atoms. The fourth-order valence-corrected chi connectivity index (χ4v) is 1.42. The number of hydrogen-bond donors (Lipinski definition) is 2. The summed E-state index contributed by atoms with van der Waals surface area (Å²) in [6.45, 7) is 2.74. The van der Waals surface area contributed by atoms with Crippen molar-refractivity contribution in [3.63, 3.8) is 0 Å². The summed E-state index contributed by atoms with van der Waals surface area (Å²) < 4.78 is 0. The van der Waals surface area contributed by atoms with Gasteiger partial charge in [-0.1, -0.05) is 13.3 Å². The van der Waals surface area contributed by atoms with Crippen molar-refractivity contribution in [1.82, 2.24) is 9.97 Å². The third kappa shape index (κ3) is 3.00. The number of aromatic nitrogens is 2. The Morgan fingerprint density at radius 3 is 2.82 bits per heavy atom. The Hall–Kier alpha value is -1.96. The van der Waals surface area contributed by atoms with Crippen molar-refractivity contribution >= 4 is 17.3 Å². The van der Waals surface area contributed by atoms with Crippen molar-refractivity contribution < 1.29 is 4.92 Å². The average Bonchev–Trinajstić information content (AvgIpc) is 2.34. The van der Waals surface area contributed by atoms with Gasteiger partial charge in [0.15, 0.2) is 0 Å². The van der Waals surface area contributed by atoms with Gasteiger partial charge in [0.05, 0.1) is 4.92 Å². The second kappa shape index (κ2) is 5.94. The molecule has 8 nitrogen and oxygen atoms in total. The molecule has 3 N–H and O–H groups in total. The number of anilines is 2. The maximum Gasteiger partial charge on any atom is 0.354 e. The summed E-state index contributed by atoms with van der Waals surface area (Å²) in [6, 6.07) is 0. The number of unbranched alkanes of at least 4 members (excludes halogenated alkanes) is 1. The van der Waals surface area contributed by atoms with E-state index in [2.05, 4.69) is 22.3 Å². The Morgan fingerprint density at radius 1 is 1.59 bits per heavy atom. The molecule has 1 aromatic rings. The van der Waals surface area contributed by atoms with Crippen LogP contribution in [0.5, 0.6) is 0 Å². The van der Waals surface area contributed by atoms with Crippen LogP contribution in [-0.4, -0.2) is 28.5 Å². The fourth-order valence-electron chi connectivity index (χ4n) is 1.42. The summed E-state index contributed by atoms with van der Waals surface area (Å²) >= 11 is 0. The number of rotatable bonds is 6. The molecule has 0 unspecified atom stereocenters. The van der Waals surface area contributed by atoms with Crippen LogP contribution in [0.2, 0.25) is 0 Å². The van der Waals surface area contributed by atoms with Crippen LogP contribution >= 0.6 is 0 Å². The summed E-state index contributed by atoms with van der Waals surface area (Å²) in [4.78, 5) is 19.8. The molecular formula is C9H16N6O2. The van der Waals surface area contributed by atoms with E-state index < -0.39 is 4.92 Å². The van der Waals surface area contributed by atoms with Gasteiger partial charge in [-0.25, -0.2) is 15.8 Å². The van der Waals surface area contributed by atoms with E-state index in [1.165, 1.54) is 6.33 Å². The van der Waals surface area contributed by atoms with Crippen LogP contribution in [-0.2, 0) is 0 Å². The molecule has 0 aliphatic rings. The molecule has 0 fully saturated rings. The first-order chi connectivity index (χ1) is 8.11. The third-order valence-electron chi connectivity index (χ3n) is 2.33. The first-order valence-electron chi connectivity index (χ1n) is 5.29. The normalized spacial score (nSPS) is 10.1. The van der Waals surface area contributed by atoms with Crippen LogP contribution in [0.3, 0.4) is 0 Å². The molecule has 0 amide bonds. The van der Waals surface area contributed by atoms with Gasteiger partial charge in [0.2, 0.25) is 11.6 Å². The highest BCUT2D eigenvalue weighted by Gasteiger charge is 2.24.